The summed E-state index contributed by atoms with van der Waals surface area (Å²) in [7, 11) is -0.690. The summed E-state index contributed by atoms with van der Waals surface area (Å²) >= 11 is 0. The number of aromatic nitrogens is 2. The fourth-order valence-corrected chi connectivity index (χ4v) is 5.30. The van der Waals surface area contributed by atoms with Gasteiger partial charge in [-0.15, -0.1) is 0 Å². The summed E-state index contributed by atoms with van der Waals surface area (Å²) < 4.78 is 0. The Labute approximate surface area is 149 Å². The van der Waals surface area contributed by atoms with Crippen molar-refractivity contribution >= 4 is 35.0 Å². The van der Waals surface area contributed by atoms with E-state index in [-0.39, 0.29) is 0 Å². The predicted molar refractivity (Wildman–Crippen MR) is 108 cm³/mol. The molecule has 0 saturated carbocycles. The predicted octanol–water partition coefficient (Wildman–Crippen LogP) is 4.00. The van der Waals surface area contributed by atoms with Gasteiger partial charge in [0.05, 0.1) is 5.44 Å². The first-order chi connectivity index (χ1) is 12.2. The van der Waals surface area contributed by atoms with Crippen molar-refractivity contribution in [3.63, 3.8) is 0 Å². The number of hydrogen-bond acceptors (Lipinski definition) is 2. The molecule has 2 nitrogen and oxygen atoms in total. The van der Waals surface area contributed by atoms with Gasteiger partial charge in [0.1, 0.15) is 0 Å². The van der Waals surface area contributed by atoms with Crippen LogP contribution in [-0.2, 0) is 0 Å². The standard InChI is InChI=1S/C22H19N2P/c1-16-15-17(2)23-22-20(16)13-14-21(24-22)25(18-9-5-3-6-10-18)19-11-7-4-8-12-19/h3-15H,1-2H3. The lowest BCUT2D eigenvalue weighted by Crippen LogP contribution is -2.22. The van der Waals surface area contributed by atoms with E-state index in [1.165, 1.54) is 16.2 Å². The zero-order valence-corrected chi connectivity index (χ0v) is 15.2. The minimum absolute atomic E-state index is 0.690. The lowest BCUT2D eigenvalue weighted by Gasteiger charge is -2.18. The Bertz CT molecular complexity index is 975. The van der Waals surface area contributed by atoms with Crippen molar-refractivity contribution in [1.29, 1.82) is 0 Å². The summed E-state index contributed by atoms with van der Waals surface area (Å²) in [5, 5.41) is 3.74. The summed E-state index contributed by atoms with van der Waals surface area (Å²) in [4.78, 5) is 9.63. The smallest absolute Gasteiger partial charge is 0.160 e. The Morgan fingerprint density at radius 1 is 0.680 bits per heavy atom. The van der Waals surface area contributed by atoms with Crippen LogP contribution in [0.3, 0.4) is 0 Å². The van der Waals surface area contributed by atoms with Crippen molar-refractivity contribution in [2.45, 2.75) is 13.8 Å². The van der Waals surface area contributed by atoms with Gasteiger partial charge in [0, 0.05) is 19.0 Å². The Hall–Kier alpha value is -2.57. The molecule has 0 fully saturated rings. The summed E-state index contributed by atoms with van der Waals surface area (Å²) in [6, 6.07) is 27.7. The van der Waals surface area contributed by atoms with Crippen LogP contribution < -0.4 is 16.0 Å². The highest BCUT2D eigenvalue weighted by molar-refractivity contribution is 7.79. The summed E-state index contributed by atoms with van der Waals surface area (Å²) in [5.41, 5.74) is 4.18. The van der Waals surface area contributed by atoms with Gasteiger partial charge in [-0.3, -0.25) is 0 Å². The number of pyridine rings is 2. The van der Waals surface area contributed by atoms with Crippen molar-refractivity contribution in [2.75, 3.05) is 0 Å². The number of benzene rings is 2. The molecule has 0 atom stereocenters. The normalized spacial score (nSPS) is 11.2. The third-order valence-electron chi connectivity index (χ3n) is 4.25. The minimum atomic E-state index is -0.690. The molecule has 25 heavy (non-hydrogen) atoms. The number of hydrogen-bond donors (Lipinski definition) is 0. The Kier molecular flexibility index (Phi) is 4.29. The van der Waals surface area contributed by atoms with E-state index in [0.29, 0.717) is 0 Å². The maximum Gasteiger partial charge on any atom is 0.160 e. The molecule has 0 aliphatic carbocycles. The molecular formula is C22H19N2P. The van der Waals surface area contributed by atoms with Crippen molar-refractivity contribution in [3.05, 3.63) is 90.1 Å². The zero-order chi connectivity index (χ0) is 17.2. The molecule has 0 radical (unpaired) electrons. The Morgan fingerprint density at radius 2 is 1.28 bits per heavy atom. The van der Waals surface area contributed by atoms with E-state index in [2.05, 4.69) is 90.8 Å². The highest BCUT2D eigenvalue weighted by atomic mass is 31.1. The molecule has 4 aromatic rings. The quantitative estimate of drug-likeness (QED) is 0.526. The van der Waals surface area contributed by atoms with E-state index in [9.17, 15) is 0 Å². The number of fused-ring (bicyclic) bond motifs is 1. The molecule has 0 saturated heterocycles. The van der Waals surface area contributed by atoms with Crippen LogP contribution in [0.15, 0.2) is 78.9 Å². The summed E-state index contributed by atoms with van der Waals surface area (Å²) in [6.45, 7) is 4.15. The van der Waals surface area contributed by atoms with Gasteiger partial charge in [0.25, 0.3) is 0 Å². The van der Waals surface area contributed by atoms with E-state index >= 15 is 0 Å². The largest absolute Gasteiger partial charge is 0.233 e. The monoisotopic (exact) mass is 342 g/mol. The van der Waals surface area contributed by atoms with Crippen LogP contribution in [0.25, 0.3) is 11.0 Å². The van der Waals surface area contributed by atoms with Crippen molar-refractivity contribution in [1.82, 2.24) is 9.97 Å². The lowest BCUT2D eigenvalue weighted by molar-refractivity contribution is 1.20. The molecule has 2 aromatic carbocycles. The van der Waals surface area contributed by atoms with Crippen LogP contribution in [-0.4, -0.2) is 9.97 Å². The molecule has 0 aliphatic rings. The third kappa shape index (κ3) is 3.18. The second-order valence-electron chi connectivity index (χ2n) is 6.13. The maximum atomic E-state index is 4.97. The summed E-state index contributed by atoms with van der Waals surface area (Å²) in [6.07, 6.45) is 0. The molecule has 0 bridgehead atoms. The van der Waals surface area contributed by atoms with E-state index < -0.39 is 7.92 Å². The van der Waals surface area contributed by atoms with Gasteiger partial charge in [0.2, 0.25) is 0 Å². The van der Waals surface area contributed by atoms with Crippen LogP contribution in [0.1, 0.15) is 11.3 Å². The van der Waals surface area contributed by atoms with Crippen LogP contribution in [0.5, 0.6) is 0 Å². The second-order valence-corrected chi connectivity index (χ2v) is 8.29. The fourth-order valence-electron chi connectivity index (χ4n) is 3.11. The average Bonchev–Trinajstić information content (AvgIpc) is 2.63. The zero-order valence-electron chi connectivity index (χ0n) is 14.3. The van der Waals surface area contributed by atoms with Crippen LogP contribution in [0.2, 0.25) is 0 Å². The highest BCUT2D eigenvalue weighted by Crippen LogP contribution is 2.32. The van der Waals surface area contributed by atoms with Gasteiger partial charge in [-0.25, -0.2) is 9.97 Å². The maximum absolute atomic E-state index is 4.97. The molecular weight excluding hydrogens is 323 g/mol. The Morgan fingerprint density at radius 3 is 1.88 bits per heavy atom. The molecule has 2 aromatic heterocycles. The van der Waals surface area contributed by atoms with Crippen LogP contribution in [0.4, 0.5) is 0 Å². The molecule has 2 heterocycles. The van der Waals surface area contributed by atoms with E-state index in [1.807, 2.05) is 6.92 Å². The molecule has 122 valence electrons. The molecule has 0 amide bonds. The third-order valence-corrected chi connectivity index (χ3v) is 6.59. The van der Waals surface area contributed by atoms with Gasteiger partial charge in [-0.2, -0.15) is 0 Å². The Balaban J connectivity index is 1.92. The van der Waals surface area contributed by atoms with Crippen LogP contribution in [0, 0.1) is 13.8 Å². The van der Waals surface area contributed by atoms with E-state index in [1.54, 1.807) is 0 Å². The lowest BCUT2D eigenvalue weighted by atomic mass is 10.1. The molecule has 0 spiro atoms. The van der Waals surface area contributed by atoms with Gasteiger partial charge in [-0.05, 0) is 48.2 Å². The van der Waals surface area contributed by atoms with Crippen LogP contribution >= 0.6 is 7.92 Å². The number of aryl methyl sites for hydroxylation is 2. The molecule has 3 heteroatoms. The van der Waals surface area contributed by atoms with Gasteiger partial charge in [-0.1, -0.05) is 60.7 Å². The second kappa shape index (κ2) is 6.74. The van der Waals surface area contributed by atoms with Gasteiger partial charge in [0.15, 0.2) is 5.65 Å². The van der Waals surface area contributed by atoms with Crippen molar-refractivity contribution in [2.24, 2.45) is 0 Å². The topological polar surface area (TPSA) is 25.8 Å². The number of nitrogens with zero attached hydrogens (tertiary/aromatic N) is 2. The van der Waals surface area contributed by atoms with E-state index in [4.69, 9.17) is 4.98 Å². The summed E-state index contributed by atoms with van der Waals surface area (Å²) in [5.74, 6) is 0. The molecule has 4 rings (SSSR count). The first kappa shape index (κ1) is 15.9. The first-order valence-electron chi connectivity index (χ1n) is 8.37. The van der Waals surface area contributed by atoms with E-state index in [0.717, 1.165) is 22.2 Å². The van der Waals surface area contributed by atoms with Gasteiger partial charge < -0.3 is 0 Å². The SMILES string of the molecule is Cc1cc(C)c2ccc(P(c3ccccc3)c3ccccc3)nc2n1. The minimum Gasteiger partial charge on any atom is -0.233 e. The highest BCUT2D eigenvalue weighted by Gasteiger charge is 2.18. The molecule has 0 aliphatic heterocycles. The van der Waals surface area contributed by atoms with Crippen molar-refractivity contribution < 1.29 is 0 Å². The van der Waals surface area contributed by atoms with Gasteiger partial charge >= 0.3 is 0 Å². The molecule has 0 N–H and O–H groups in total. The fraction of sp³-hybridized carbons (Fsp3) is 0.0909. The number of rotatable bonds is 3. The average molecular weight is 342 g/mol. The molecule has 0 unspecified atom stereocenters. The first-order valence-corrected chi connectivity index (χ1v) is 9.72. The van der Waals surface area contributed by atoms with Crippen molar-refractivity contribution in [3.8, 4) is 0 Å².